The number of ether oxygens (including phenoxy) is 3. The number of aromatic nitrogens is 1. The molecule has 0 amide bonds. The van der Waals surface area contributed by atoms with Crippen LogP contribution in [0, 0.1) is 0 Å². The number of carbonyl (C=O) groups excluding carboxylic acids is 1. The van der Waals surface area contributed by atoms with Crippen molar-refractivity contribution in [1.82, 2.24) is 4.98 Å². The first-order valence-electron chi connectivity index (χ1n) is 6.29. The van der Waals surface area contributed by atoms with Crippen LogP contribution < -0.4 is 9.47 Å². The van der Waals surface area contributed by atoms with Crippen LogP contribution in [-0.4, -0.2) is 30.3 Å². The van der Waals surface area contributed by atoms with E-state index in [2.05, 4.69) is 4.98 Å². The lowest BCUT2D eigenvalue weighted by molar-refractivity contribution is -0.144. The lowest BCUT2D eigenvalue weighted by Gasteiger charge is -2.26. The zero-order valence-corrected chi connectivity index (χ0v) is 12.8. The number of carbonyl (C=O) groups is 1. The number of thiazole rings is 1. The molecule has 1 atom stereocenters. The summed E-state index contributed by atoms with van der Waals surface area (Å²) in [5.74, 6) is 0.0572. The first kappa shape index (κ1) is 15.2. The van der Waals surface area contributed by atoms with E-state index in [0.717, 1.165) is 11.3 Å². The Morgan fingerprint density at radius 3 is 3.09 bits per heavy atom. The summed E-state index contributed by atoms with van der Waals surface area (Å²) < 4.78 is 42.9. The molecule has 5 nitrogen and oxygen atoms in total. The average Bonchev–Trinajstić information content (AvgIpc) is 2.85. The van der Waals surface area contributed by atoms with Crippen LogP contribution >= 0.6 is 22.9 Å². The predicted molar refractivity (Wildman–Crippen MR) is 76.1 cm³/mol. The Bertz CT molecular complexity index is 736. The number of halogens is 3. The largest absolute Gasteiger partial charge is 0.484 e. The lowest BCUT2D eigenvalue weighted by atomic mass is 10.1. The van der Waals surface area contributed by atoms with Crippen LogP contribution in [0.4, 0.5) is 8.78 Å². The maximum atomic E-state index is 13.2. The Balaban J connectivity index is 1.98. The number of esters is 1. The van der Waals surface area contributed by atoms with Crippen molar-refractivity contribution < 1.29 is 27.8 Å². The standard InChI is InChI=1S/C13H10ClF2NO4S/c1-5(18)19-3-6-4-20-10-8(21-6)2-7(12(15)16)9-11(10)22-13(14)17-9/h2,6,12H,3-4H2,1H3/t6-/m0/s1. The van der Waals surface area contributed by atoms with Gasteiger partial charge in [0.15, 0.2) is 22.1 Å². The third-order valence-electron chi connectivity index (χ3n) is 3.01. The van der Waals surface area contributed by atoms with Gasteiger partial charge in [0.25, 0.3) is 6.43 Å². The molecule has 0 bridgehead atoms. The summed E-state index contributed by atoms with van der Waals surface area (Å²) in [4.78, 5) is 14.7. The summed E-state index contributed by atoms with van der Waals surface area (Å²) in [6.07, 6.45) is -3.27. The Kier molecular flexibility index (Phi) is 4.05. The number of nitrogens with zero attached hydrogens (tertiary/aromatic N) is 1. The second-order valence-corrected chi connectivity index (χ2v) is 6.17. The Morgan fingerprint density at radius 1 is 1.64 bits per heavy atom. The van der Waals surface area contributed by atoms with Crippen molar-refractivity contribution in [3.05, 3.63) is 16.1 Å². The number of benzene rings is 1. The minimum atomic E-state index is -2.72. The number of fused-ring (bicyclic) bond motifs is 3. The van der Waals surface area contributed by atoms with Crippen molar-refractivity contribution in [1.29, 1.82) is 0 Å². The smallest absolute Gasteiger partial charge is 0.302 e. The van der Waals surface area contributed by atoms with Gasteiger partial charge in [-0.1, -0.05) is 22.9 Å². The molecule has 0 radical (unpaired) electrons. The molecule has 9 heteroatoms. The van der Waals surface area contributed by atoms with Crippen LogP contribution in [0.25, 0.3) is 10.2 Å². The van der Waals surface area contributed by atoms with E-state index >= 15 is 0 Å². The van der Waals surface area contributed by atoms with Gasteiger partial charge in [0.2, 0.25) is 0 Å². The van der Waals surface area contributed by atoms with Gasteiger partial charge in [-0.15, -0.1) is 0 Å². The Labute approximate surface area is 132 Å². The highest BCUT2D eigenvalue weighted by Crippen LogP contribution is 2.46. The summed E-state index contributed by atoms with van der Waals surface area (Å²) in [5, 5.41) is 0. The predicted octanol–water partition coefficient (Wildman–Crippen LogP) is 3.59. The van der Waals surface area contributed by atoms with Crippen molar-refractivity contribution in [2.24, 2.45) is 0 Å². The molecule has 0 N–H and O–H groups in total. The maximum absolute atomic E-state index is 13.2. The first-order valence-corrected chi connectivity index (χ1v) is 7.49. The van der Waals surface area contributed by atoms with Gasteiger partial charge >= 0.3 is 5.97 Å². The number of hydrogen-bond donors (Lipinski definition) is 0. The molecule has 0 fully saturated rings. The highest BCUT2D eigenvalue weighted by molar-refractivity contribution is 7.22. The van der Waals surface area contributed by atoms with Gasteiger partial charge in [0.1, 0.15) is 17.9 Å². The van der Waals surface area contributed by atoms with E-state index in [4.69, 9.17) is 25.8 Å². The van der Waals surface area contributed by atoms with E-state index in [1.807, 2.05) is 0 Å². The molecule has 3 rings (SSSR count). The molecule has 22 heavy (non-hydrogen) atoms. The molecule has 0 saturated carbocycles. The minimum Gasteiger partial charge on any atom is -0.484 e. The van der Waals surface area contributed by atoms with Crippen molar-refractivity contribution in [2.45, 2.75) is 19.5 Å². The van der Waals surface area contributed by atoms with E-state index in [1.54, 1.807) is 0 Å². The molecule has 1 aromatic heterocycles. The fourth-order valence-corrected chi connectivity index (χ4v) is 3.24. The van der Waals surface area contributed by atoms with E-state index in [1.165, 1.54) is 13.0 Å². The third kappa shape index (κ3) is 2.80. The lowest BCUT2D eigenvalue weighted by Crippen LogP contribution is -2.34. The van der Waals surface area contributed by atoms with E-state index < -0.39 is 18.5 Å². The quantitative estimate of drug-likeness (QED) is 0.793. The van der Waals surface area contributed by atoms with Crippen LogP contribution in [-0.2, 0) is 9.53 Å². The normalized spacial score (nSPS) is 17.0. The van der Waals surface area contributed by atoms with Crippen LogP contribution in [0.2, 0.25) is 4.47 Å². The zero-order valence-electron chi connectivity index (χ0n) is 11.3. The van der Waals surface area contributed by atoms with E-state index in [-0.39, 0.29) is 34.5 Å². The Morgan fingerprint density at radius 2 is 2.41 bits per heavy atom. The molecule has 0 spiro atoms. The fourth-order valence-electron chi connectivity index (χ4n) is 2.10. The van der Waals surface area contributed by atoms with Crippen LogP contribution in [0.1, 0.15) is 18.9 Å². The Hall–Kier alpha value is -1.67. The molecule has 1 aliphatic heterocycles. The van der Waals surface area contributed by atoms with Crippen molar-refractivity contribution in [3.8, 4) is 11.5 Å². The maximum Gasteiger partial charge on any atom is 0.302 e. The third-order valence-corrected chi connectivity index (χ3v) is 4.16. The SMILES string of the molecule is CC(=O)OC[C@H]1COc2c(cc(C(F)F)c3nc(Cl)sc23)O1. The summed E-state index contributed by atoms with van der Waals surface area (Å²) in [6.45, 7) is 1.40. The van der Waals surface area contributed by atoms with Gasteiger partial charge in [-0.25, -0.2) is 13.8 Å². The molecule has 1 aliphatic rings. The van der Waals surface area contributed by atoms with Gasteiger partial charge in [-0.2, -0.15) is 0 Å². The molecular weight excluding hydrogens is 340 g/mol. The van der Waals surface area contributed by atoms with Crippen LogP contribution in [0.3, 0.4) is 0 Å². The molecule has 1 aromatic carbocycles. The number of rotatable bonds is 3. The second kappa shape index (κ2) is 5.85. The van der Waals surface area contributed by atoms with Crippen LogP contribution in [0.15, 0.2) is 6.07 Å². The molecule has 0 aliphatic carbocycles. The molecular formula is C13H10ClF2NO4S. The van der Waals surface area contributed by atoms with Gasteiger partial charge in [0, 0.05) is 12.5 Å². The van der Waals surface area contributed by atoms with Crippen molar-refractivity contribution in [3.63, 3.8) is 0 Å². The molecule has 118 valence electrons. The van der Waals surface area contributed by atoms with Crippen LogP contribution in [0.5, 0.6) is 11.5 Å². The zero-order chi connectivity index (χ0) is 15.9. The summed E-state index contributed by atoms with van der Waals surface area (Å²) in [5.41, 5.74) is -0.153. The highest BCUT2D eigenvalue weighted by atomic mass is 35.5. The average molecular weight is 350 g/mol. The monoisotopic (exact) mass is 349 g/mol. The van der Waals surface area contributed by atoms with Gasteiger partial charge in [0.05, 0.1) is 5.52 Å². The second-order valence-electron chi connectivity index (χ2n) is 4.59. The topological polar surface area (TPSA) is 57.7 Å². The summed E-state index contributed by atoms with van der Waals surface area (Å²) in [7, 11) is 0. The summed E-state index contributed by atoms with van der Waals surface area (Å²) >= 11 is 6.87. The van der Waals surface area contributed by atoms with E-state index in [0.29, 0.717) is 10.4 Å². The fraction of sp³-hybridized carbons (Fsp3) is 0.385. The highest BCUT2D eigenvalue weighted by Gasteiger charge is 2.29. The van der Waals surface area contributed by atoms with Gasteiger partial charge in [-0.3, -0.25) is 4.79 Å². The van der Waals surface area contributed by atoms with Gasteiger partial charge < -0.3 is 14.2 Å². The summed E-state index contributed by atoms with van der Waals surface area (Å²) in [6, 6.07) is 1.19. The van der Waals surface area contributed by atoms with Gasteiger partial charge in [-0.05, 0) is 6.07 Å². The van der Waals surface area contributed by atoms with E-state index in [9.17, 15) is 13.6 Å². The molecule has 2 heterocycles. The molecule has 0 unspecified atom stereocenters. The number of alkyl halides is 2. The first-order chi connectivity index (χ1) is 10.5. The van der Waals surface area contributed by atoms with Crippen molar-refractivity contribution in [2.75, 3.05) is 13.2 Å². The minimum absolute atomic E-state index is 0.0136. The molecule has 2 aromatic rings. The number of hydrogen-bond acceptors (Lipinski definition) is 6. The molecule has 0 saturated heterocycles. The van der Waals surface area contributed by atoms with Crippen molar-refractivity contribution >= 4 is 39.1 Å².